The molecule has 0 unspecified atom stereocenters. The van der Waals surface area contributed by atoms with Gasteiger partial charge < -0.3 is 20.0 Å². The van der Waals surface area contributed by atoms with Crippen LogP contribution >= 0.6 is 0 Å². The Kier molecular flexibility index (Phi) is 6.69. The smallest absolute Gasteiger partial charge is 0.319 e. The molecule has 0 spiro atoms. The van der Waals surface area contributed by atoms with Gasteiger partial charge in [0.25, 0.3) is 0 Å². The number of carbonyl (C=O) groups is 2. The molecule has 132 valence electrons. The molecule has 2 aliphatic heterocycles. The SMILES string of the molecule is CCCN(C(=O)C1CCN(C(=O)N(C)C)CC1)C1CCNCC1. The van der Waals surface area contributed by atoms with Gasteiger partial charge in [0.1, 0.15) is 0 Å². The third-order valence-corrected chi connectivity index (χ3v) is 4.99. The Morgan fingerprint density at radius 1 is 1.09 bits per heavy atom. The fraction of sp³-hybridized carbons (Fsp3) is 0.882. The van der Waals surface area contributed by atoms with Crippen molar-refractivity contribution in [1.82, 2.24) is 20.0 Å². The normalized spacial score (nSPS) is 20.4. The lowest BCUT2D eigenvalue weighted by atomic mass is 9.93. The Bertz CT molecular complexity index is 399. The molecular formula is C17H32N4O2. The van der Waals surface area contributed by atoms with Crippen LogP contribution in [-0.4, -0.2) is 79.5 Å². The molecule has 0 aromatic heterocycles. The van der Waals surface area contributed by atoms with Crippen LogP contribution in [0.1, 0.15) is 39.0 Å². The summed E-state index contributed by atoms with van der Waals surface area (Å²) in [6.45, 7) is 6.40. The molecular weight excluding hydrogens is 292 g/mol. The summed E-state index contributed by atoms with van der Waals surface area (Å²) in [5.41, 5.74) is 0. The third-order valence-electron chi connectivity index (χ3n) is 4.99. The van der Waals surface area contributed by atoms with Gasteiger partial charge in [-0.2, -0.15) is 0 Å². The Morgan fingerprint density at radius 3 is 2.22 bits per heavy atom. The minimum atomic E-state index is 0.0552. The summed E-state index contributed by atoms with van der Waals surface area (Å²) in [6, 6.07) is 0.449. The van der Waals surface area contributed by atoms with E-state index in [2.05, 4.69) is 17.1 Å². The maximum Gasteiger partial charge on any atom is 0.319 e. The second-order valence-electron chi connectivity index (χ2n) is 6.95. The number of hydrogen-bond acceptors (Lipinski definition) is 3. The number of hydrogen-bond donors (Lipinski definition) is 1. The molecule has 0 radical (unpaired) electrons. The number of amides is 3. The van der Waals surface area contributed by atoms with Crippen molar-refractivity contribution in [2.75, 3.05) is 46.8 Å². The minimum absolute atomic E-state index is 0.0552. The number of likely N-dealkylation sites (tertiary alicyclic amines) is 1. The van der Waals surface area contributed by atoms with E-state index in [4.69, 9.17) is 0 Å². The number of piperidine rings is 2. The van der Waals surface area contributed by atoms with Crippen LogP contribution in [0.3, 0.4) is 0 Å². The van der Waals surface area contributed by atoms with Gasteiger partial charge in [0, 0.05) is 45.7 Å². The Morgan fingerprint density at radius 2 is 1.70 bits per heavy atom. The van der Waals surface area contributed by atoms with Crippen LogP contribution in [0.4, 0.5) is 4.79 Å². The first kappa shape index (κ1) is 18.0. The predicted molar refractivity (Wildman–Crippen MR) is 91.3 cm³/mol. The molecule has 0 aromatic carbocycles. The van der Waals surface area contributed by atoms with Crippen LogP contribution in [0.2, 0.25) is 0 Å². The van der Waals surface area contributed by atoms with Crippen molar-refractivity contribution in [1.29, 1.82) is 0 Å². The molecule has 0 atom stereocenters. The third kappa shape index (κ3) is 4.59. The van der Waals surface area contributed by atoms with Crippen LogP contribution in [-0.2, 0) is 4.79 Å². The molecule has 2 heterocycles. The van der Waals surface area contributed by atoms with Crippen LogP contribution in [0, 0.1) is 5.92 Å². The first-order valence-corrected chi connectivity index (χ1v) is 9.02. The summed E-state index contributed by atoms with van der Waals surface area (Å²) >= 11 is 0. The Balaban J connectivity index is 1.92. The molecule has 0 aliphatic carbocycles. The van der Waals surface area contributed by atoms with E-state index in [1.807, 2.05) is 4.90 Å². The molecule has 6 nitrogen and oxygen atoms in total. The fourth-order valence-electron chi connectivity index (χ4n) is 3.67. The van der Waals surface area contributed by atoms with E-state index in [1.165, 1.54) is 0 Å². The first-order chi connectivity index (χ1) is 11.0. The summed E-state index contributed by atoms with van der Waals surface area (Å²) in [7, 11) is 3.55. The molecule has 23 heavy (non-hydrogen) atoms. The first-order valence-electron chi connectivity index (χ1n) is 9.02. The monoisotopic (exact) mass is 324 g/mol. The lowest BCUT2D eigenvalue weighted by Crippen LogP contribution is -2.51. The maximum atomic E-state index is 13.0. The van der Waals surface area contributed by atoms with Crippen molar-refractivity contribution in [3.63, 3.8) is 0 Å². The van der Waals surface area contributed by atoms with E-state index >= 15 is 0 Å². The fourth-order valence-corrected chi connectivity index (χ4v) is 3.67. The van der Waals surface area contributed by atoms with E-state index in [0.717, 1.165) is 51.7 Å². The molecule has 0 saturated carbocycles. The zero-order valence-electron chi connectivity index (χ0n) is 14.9. The van der Waals surface area contributed by atoms with Crippen LogP contribution in [0.25, 0.3) is 0 Å². The highest BCUT2D eigenvalue weighted by Crippen LogP contribution is 2.23. The highest BCUT2D eigenvalue weighted by molar-refractivity contribution is 5.80. The van der Waals surface area contributed by atoms with Crippen molar-refractivity contribution in [3.05, 3.63) is 0 Å². The lowest BCUT2D eigenvalue weighted by molar-refractivity contribution is -0.140. The topological polar surface area (TPSA) is 55.9 Å². The van der Waals surface area contributed by atoms with Gasteiger partial charge in [-0.25, -0.2) is 4.79 Å². The standard InChI is InChI=1S/C17H32N4O2/c1-4-11-21(15-5-9-18-10-6-15)16(22)14-7-12-20(13-8-14)17(23)19(2)3/h14-15,18H,4-13H2,1-3H3. The van der Waals surface area contributed by atoms with E-state index in [0.29, 0.717) is 25.0 Å². The van der Waals surface area contributed by atoms with E-state index in [-0.39, 0.29) is 11.9 Å². The highest BCUT2D eigenvalue weighted by atomic mass is 16.2. The molecule has 3 amide bonds. The number of urea groups is 1. The average molecular weight is 324 g/mol. The summed E-state index contributed by atoms with van der Waals surface area (Å²) in [5.74, 6) is 0.401. The molecule has 2 saturated heterocycles. The Hall–Kier alpha value is -1.30. The van der Waals surface area contributed by atoms with Gasteiger partial charge in [-0.1, -0.05) is 6.92 Å². The summed E-state index contributed by atoms with van der Waals surface area (Å²) in [5, 5.41) is 3.37. The number of nitrogens with one attached hydrogen (secondary N) is 1. The number of carbonyl (C=O) groups excluding carboxylic acids is 2. The lowest BCUT2D eigenvalue weighted by Gasteiger charge is -2.39. The molecule has 2 fully saturated rings. The van der Waals surface area contributed by atoms with Gasteiger partial charge in [-0.05, 0) is 45.2 Å². The summed E-state index contributed by atoms with van der Waals surface area (Å²) < 4.78 is 0. The summed E-state index contributed by atoms with van der Waals surface area (Å²) in [6.07, 6.45) is 4.72. The maximum absolute atomic E-state index is 13.0. The largest absolute Gasteiger partial charge is 0.339 e. The van der Waals surface area contributed by atoms with Crippen molar-refractivity contribution in [3.8, 4) is 0 Å². The van der Waals surface area contributed by atoms with Gasteiger partial charge in [0.05, 0.1) is 0 Å². The quantitative estimate of drug-likeness (QED) is 0.850. The van der Waals surface area contributed by atoms with Crippen molar-refractivity contribution in [2.45, 2.75) is 45.1 Å². The molecule has 2 aliphatic rings. The predicted octanol–water partition coefficient (Wildman–Crippen LogP) is 1.37. The van der Waals surface area contributed by atoms with Crippen molar-refractivity contribution >= 4 is 11.9 Å². The number of nitrogens with zero attached hydrogens (tertiary/aromatic N) is 3. The highest BCUT2D eigenvalue weighted by Gasteiger charge is 2.33. The Labute approximate surface area is 140 Å². The van der Waals surface area contributed by atoms with E-state index in [1.54, 1.807) is 19.0 Å². The molecule has 2 rings (SSSR count). The second kappa shape index (κ2) is 8.52. The van der Waals surface area contributed by atoms with E-state index < -0.39 is 0 Å². The van der Waals surface area contributed by atoms with Gasteiger partial charge in [-0.3, -0.25) is 4.79 Å². The number of rotatable bonds is 4. The van der Waals surface area contributed by atoms with Gasteiger partial charge in [0.15, 0.2) is 0 Å². The van der Waals surface area contributed by atoms with Gasteiger partial charge >= 0.3 is 6.03 Å². The molecule has 6 heteroatoms. The zero-order valence-corrected chi connectivity index (χ0v) is 14.9. The van der Waals surface area contributed by atoms with Crippen LogP contribution in [0.5, 0.6) is 0 Å². The van der Waals surface area contributed by atoms with Crippen LogP contribution < -0.4 is 5.32 Å². The van der Waals surface area contributed by atoms with Crippen LogP contribution in [0.15, 0.2) is 0 Å². The molecule has 0 aromatic rings. The van der Waals surface area contributed by atoms with Crippen molar-refractivity contribution < 1.29 is 9.59 Å². The minimum Gasteiger partial charge on any atom is -0.339 e. The second-order valence-corrected chi connectivity index (χ2v) is 6.95. The van der Waals surface area contributed by atoms with E-state index in [9.17, 15) is 9.59 Å². The van der Waals surface area contributed by atoms with Gasteiger partial charge in [0.2, 0.25) is 5.91 Å². The summed E-state index contributed by atoms with van der Waals surface area (Å²) in [4.78, 5) is 30.6. The zero-order chi connectivity index (χ0) is 16.8. The average Bonchev–Trinajstić information content (AvgIpc) is 2.59. The van der Waals surface area contributed by atoms with Gasteiger partial charge in [-0.15, -0.1) is 0 Å². The molecule has 1 N–H and O–H groups in total. The van der Waals surface area contributed by atoms with Crippen molar-refractivity contribution in [2.24, 2.45) is 5.92 Å². The molecule has 0 bridgehead atoms.